The molecule has 2 heteroatoms. The summed E-state index contributed by atoms with van der Waals surface area (Å²) in [7, 11) is 0. The molecule has 0 aromatic heterocycles. The summed E-state index contributed by atoms with van der Waals surface area (Å²) < 4.78 is 0. The Hall–Kier alpha value is -0.810. The van der Waals surface area contributed by atoms with Crippen LogP contribution in [0.25, 0.3) is 0 Å². The second kappa shape index (κ2) is 3.51. The van der Waals surface area contributed by atoms with Gasteiger partial charge in [-0.25, -0.2) is 0 Å². The summed E-state index contributed by atoms with van der Waals surface area (Å²) in [5, 5.41) is 8.74. The highest BCUT2D eigenvalue weighted by atomic mass is 79.9. The summed E-state index contributed by atoms with van der Waals surface area (Å²) in [5.74, 6) is 0.762. The summed E-state index contributed by atoms with van der Waals surface area (Å²) >= 11 is 3.33. The summed E-state index contributed by atoms with van der Waals surface area (Å²) in [5.41, 5.74) is 2.46. The van der Waals surface area contributed by atoms with E-state index in [2.05, 4.69) is 34.1 Å². The molecule has 1 aliphatic rings. The number of hydrogen-bond acceptors (Lipinski definition) is 1. The Morgan fingerprint density at radius 3 is 2.85 bits per heavy atom. The van der Waals surface area contributed by atoms with Crippen LogP contribution in [0.4, 0.5) is 0 Å². The van der Waals surface area contributed by atoms with Crippen LogP contribution in [0.1, 0.15) is 34.7 Å². The highest BCUT2D eigenvalue weighted by molar-refractivity contribution is 9.09. The quantitative estimate of drug-likeness (QED) is 0.720. The molecule has 1 aliphatic carbocycles. The van der Waals surface area contributed by atoms with Gasteiger partial charge in [-0.15, -0.1) is 0 Å². The molecule has 66 valence electrons. The van der Waals surface area contributed by atoms with Gasteiger partial charge in [0.15, 0.2) is 0 Å². The van der Waals surface area contributed by atoms with Crippen molar-refractivity contribution in [2.45, 2.75) is 23.6 Å². The summed E-state index contributed by atoms with van der Waals surface area (Å²) in [4.78, 5) is -0.161. The zero-order valence-electron chi connectivity index (χ0n) is 7.20. The molecule has 1 nitrogen and oxygen atoms in total. The SMILES string of the molecule is N#CC(Br)c1cccc(C2CC2)c1. The van der Waals surface area contributed by atoms with E-state index in [4.69, 9.17) is 5.26 Å². The standard InChI is InChI=1S/C11H10BrN/c12-11(7-13)10-3-1-2-9(6-10)8-4-5-8/h1-3,6,8,11H,4-5H2. The summed E-state index contributed by atoms with van der Waals surface area (Å²) in [6.45, 7) is 0. The Kier molecular flexibility index (Phi) is 2.37. The molecule has 0 N–H and O–H groups in total. The second-order valence-electron chi connectivity index (χ2n) is 3.44. The fraction of sp³-hybridized carbons (Fsp3) is 0.364. The maximum Gasteiger partial charge on any atom is 0.126 e. The number of halogens is 1. The number of alkyl halides is 1. The van der Waals surface area contributed by atoms with Gasteiger partial charge >= 0.3 is 0 Å². The largest absolute Gasteiger partial charge is 0.197 e. The zero-order chi connectivity index (χ0) is 9.26. The first-order valence-corrected chi connectivity index (χ1v) is 5.36. The fourth-order valence-electron chi connectivity index (χ4n) is 1.46. The third-order valence-corrected chi connectivity index (χ3v) is 3.10. The van der Waals surface area contributed by atoms with E-state index >= 15 is 0 Å². The van der Waals surface area contributed by atoms with Crippen molar-refractivity contribution in [1.82, 2.24) is 0 Å². The van der Waals surface area contributed by atoms with Crippen LogP contribution in [0.3, 0.4) is 0 Å². The number of nitriles is 1. The molecular formula is C11H10BrN. The van der Waals surface area contributed by atoms with E-state index < -0.39 is 0 Å². The first-order valence-electron chi connectivity index (χ1n) is 4.45. The molecule has 0 amide bonds. The lowest BCUT2D eigenvalue weighted by Gasteiger charge is -2.03. The van der Waals surface area contributed by atoms with Gasteiger partial charge in [-0.2, -0.15) is 5.26 Å². The molecule has 1 saturated carbocycles. The Morgan fingerprint density at radius 2 is 2.23 bits per heavy atom. The van der Waals surface area contributed by atoms with Gasteiger partial charge < -0.3 is 0 Å². The van der Waals surface area contributed by atoms with E-state index in [1.54, 1.807) is 0 Å². The zero-order valence-corrected chi connectivity index (χ0v) is 8.79. The lowest BCUT2D eigenvalue weighted by atomic mass is 10.1. The third kappa shape index (κ3) is 1.92. The van der Waals surface area contributed by atoms with Crippen LogP contribution in [-0.4, -0.2) is 0 Å². The van der Waals surface area contributed by atoms with Gasteiger partial charge in [0.1, 0.15) is 4.83 Å². The van der Waals surface area contributed by atoms with Gasteiger partial charge in [0.05, 0.1) is 6.07 Å². The molecule has 0 radical (unpaired) electrons. The Labute approximate surface area is 86.5 Å². The molecule has 0 spiro atoms. The van der Waals surface area contributed by atoms with Gasteiger partial charge in [-0.1, -0.05) is 40.2 Å². The normalized spacial score (nSPS) is 17.8. The summed E-state index contributed by atoms with van der Waals surface area (Å²) in [6.07, 6.45) is 2.62. The molecule has 0 heterocycles. The Morgan fingerprint density at radius 1 is 1.46 bits per heavy atom. The first kappa shape index (κ1) is 8.77. The average Bonchev–Trinajstić information content (AvgIpc) is 3.00. The van der Waals surface area contributed by atoms with Crippen LogP contribution >= 0.6 is 15.9 Å². The molecule has 13 heavy (non-hydrogen) atoms. The van der Waals surface area contributed by atoms with E-state index in [9.17, 15) is 0 Å². The van der Waals surface area contributed by atoms with Crippen molar-refractivity contribution in [2.24, 2.45) is 0 Å². The van der Waals surface area contributed by atoms with Crippen LogP contribution in [0.15, 0.2) is 24.3 Å². The molecule has 1 atom stereocenters. The van der Waals surface area contributed by atoms with Gasteiger partial charge in [0, 0.05) is 0 Å². The van der Waals surface area contributed by atoms with Crippen molar-refractivity contribution in [3.63, 3.8) is 0 Å². The highest BCUT2D eigenvalue weighted by Gasteiger charge is 2.23. The first-order chi connectivity index (χ1) is 6.31. The fourth-order valence-corrected chi connectivity index (χ4v) is 1.75. The molecule has 1 aromatic carbocycles. The lowest BCUT2D eigenvalue weighted by Crippen LogP contribution is -1.87. The van der Waals surface area contributed by atoms with Crippen LogP contribution in [-0.2, 0) is 0 Å². The monoisotopic (exact) mass is 235 g/mol. The van der Waals surface area contributed by atoms with E-state index in [-0.39, 0.29) is 4.83 Å². The van der Waals surface area contributed by atoms with Crippen molar-refractivity contribution >= 4 is 15.9 Å². The smallest absolute Gasteiger partial charge is 0.126 e. The maximum atomic E-state index is 8.74. The van der Waals surface area contributed by atoms with Crippen LogP contribution < -0.4 is 0 Å². The molecule has 2 rings (SSSR count). The molecule has 0 aliphatic heterocycles. The maximum absolute atomic E-state index is 8.74. The van der Waals surface area contributed by atoms with Crippen LogP contribution in [0.2, 0.25) is 0 Å². The van der Waals surface area contributed by atoms with Crippen molar-refractivity contribution < 1.29 is 0 Å². The number of nitrogens with zero attached hydrogens (tertiary/aromatic N) is 1. The Balaban J connectivity index is 2.27. The van der Waals surface area contributed by atoms with Crippen molar-refractivity contribution in [1.29, 1.82) is 5.26 Å². The Bertz CT molecular complexity index is 349. The average molecular weight is 236 g/mol. The van der Waals surface area contributed by atoms with Gasteiger partial charge in [-0.3, -0.25) is 0 Å². The molecule has 0 saturated heterocycles. The van der Waals surface area contributed by atoms with E-state index in [0.717, 1.165) is 11.5 Å². The molecule has 0 bridgehead atoms. The minimum atomic E-state index is -0.161. The predicted octanol–water partition coefficient (Wildman–Crippen LogP) is 3.52. The van der Waals surface area contributed by atoms with Crippen LogP contribution in [0, 0.1) is 11.3 Å². The van der Waals surface area contributed by atoms with Crippen LogP contribution in [0.5, 0.6) is 0 Å². The molecule has 1 fully saturated rings. The van der Waals surface area contributed by atoms with Gasteiger partial charge in [-0.05, 0) is 29.9 Å². The lowest BCUT2D eigenvalue weighted by molar-refractivity contribution is 1.11. The van der Waals surface area contributed by atoms with E-state index in [0.29, 0.717) is 0 Å². The van der Waals surface area contributed by atoms with Gasteiger partial charge in [0.25, 0.3) is 0 Å². The topological polar surface area (TPSA) is 23.8 Å². The van der Waals surface area contributed by atoms with E-state index in [1.807, 2.05) is 12.1 Å². The minimum Gasteiger partial charge on any atom is -0.197 e. The summed E-state index contributed by atoms with van der Waals surface area (Å²) in [6, 6.07) is 10.5. The van der Waals surface area contributed by atoms with Gasteiger partial charge in [0.2, 0.25) is 0 Å². The number of rotatable bonds is 2. The third-order valence-electron chi connectivity index (χ3n) is 2.37. The van der Waals surface area contributed by atoms with Crippen molar-refractivity contribution in [3.8, 4) is 6.07 Å². The van der Waals surface area contributed by atoms with E-state index in [1.165, 1.54) is 18.4 Å². The molecule has 1 unspecified atom stereocenters. The number of benzene rings is 1. The van der Waals surface area contributed by atoms with Crippen molar-refractivity contribution in [2.75, 3.05) is 0 Å². The molecule has 1 aromatic rings. The predicted molar refractivity (Wildman–Crippen MR) is 55.7 cm³/mol. The highest BCUT2D eigenvalue weighted by Crippen LogP contribution is 2.40. The molecular weight excluding hydrogens is 226 g/mol. The number of hydrogen-bond donors (Lipinski definition) is 0. The second-order valence-corrected chi connectivity index (χ2v) is 4.35. The van der Waals surface area contributed by atoms with Crippen molar-refractivity contribution in [3.05, 3.63) is 35.4 Å². The minimum absolute atomic E-state index is 0.161.